The molecule has 0 atom stereocenters. The van der Waals surface area contributed by atoms with Crippen LogP contribution in [0.2, 0.25) is 0 Å². The molecule has 0 radical (unpaired) electrons. The molecule has 0 aromatic heterocycles. The minimum atomic E-state index is -4.70. The third-order valence-corrected chi connectivity index (χ3v) is 4.80. The molecule has 2 aliphatic heterocycles. The minimum absolute atomic E-state index is 0.194. The third kappa shape index (κ3) is 7.29. The fraction of sp³-hybridized carbons (Fsp3) is 0.619. The average molecular weight is 416 g/mol. The van der Waals surface area contributed by atoms with Crippen molar-refractivity contribution in [2.75, 3.05) is 26.4 Å². The maximum Gasteiger partial charge on any atom is 0.573 e. The number of ether oxygens (including phenoxy) is 5. The summed E-state index contributed by atoms with van der Waals surface area (Å²) in [6, 6.07) is 5.53. The lowest BCUT2D eigenvalue weighted by atomic mass is 10.0. The topological polar surface area (TPSA) is 46.2 Å². The summed E-state index contributed by atoms with van der Waals surface area (Å²) in [7, 11) is 0. The first-order valence-corrected chi connectivity index (χ1v) is 9.91. The van der Waals surface area contributed by atoms with Gasteiger partial charge >= 0.3 is 6.36 Å². The number of halogens is 3. The molecule has 2 heterocycles. The highest BCUT2D eigenvalue weighted by molar-refractivity contribution is 5.28. The molecule has 8 heteroatoms. The molecule has 2 fully saturated rings. The molecule has 0 unspecified atom stereocenters. The molecule has 162 valence electrons. The molecular weight excluding hydrogens is 389 g/mol. The van der Waals surface area contributed by atoms with Gasteiger partial charge in [0.05, 0.1) is 26.4 Å². The highest BCUT2D eigenvalue weighted by Crippen LogP contribution is 2.30. The fourth-order valence-electron chi connectivity index (χ4n) is 3.27. The van der Waals surface area contributed by atoms with Crippen LogP contribution in [-0.2, 0) is 18.9 Å². The van der Waals surface area contributed by atoms with Gasteiger partial charge in [0.2, 0.25) is 0 Å². The van der Waals surface area contributed by atoms with E-state index in [1.807, 2.05) is 0 Å². The molecule has 0 bridgehead atoms. The van der Waals surface area contributed by atoms with Gasteiger partial charge in [-0.2, -0.15) is 0 Å². The second-order valence-electron chi connectivity index (χ2n) is 7.25. The van der Waals surface area contributed by atoms with E-state index in [1.165, 1.54) is 24.3 Å². The summed E-state index contributed by atoms with van der Waals surface area (Å²) in [5.41, 5.74) is 0.656. The van der Waals surface area contributed by atoms with Crippen molar-refractivity contribution in [2.45, 2.75) is 45.1 Å². The lowest BCUT2D eigenvalue weighted by Crippen LogP contribution is -2.33. The minimum Gasteiger partial charge on any atom is -0.406 e. The Balaban J connectivity index is 1.36. The van der Waals surface area contributed by atoms with Gasteiger partial charge in [0.25, 0.3) is 0 Å². The largest absolute Gasteiger partial charge is 0.573 e. The van der Waals surface area contributed by atoms with Gasteiger partial charge in [-0.3, -0.25) is 0 Å². The van der Waals surface area contributed by atoms with Crippen LogP contribution in [0.3, 0.4) is 0 Å². The first kappa shape index (κ1) is 22.1. The van der Waals surface area contributed by atoms with Gasteiger partial charge in [-0.25, -0.2) is 0 Å². The molecule has 0 amide bonds. The van der Waals surface area contributed by atoms with E-state index in [9.17, 15) is 13.2 Å². The molecule has 2 aliphatic rings. The van der Waals surface area contributed by atoms with Gasteiger partial charge < -0.3 is 23.7 Å². The maximum absolute atomic E-state index is 12.2. The molecular formula is C21H27F3O5. The van der Waals surface area contributed by atoms with Crippen LogP contribution >= 0.6 is 0 Å². The zero-order chi connectivity index (χ0) is 20.7. The Labute approximate surface area is 168 Å². The summed E-state index contributed by atoms with van der Waals surface area (Å²) in [6.07, 6.45) is 1.42. The van der Waals surface area contributed by atoms with E-state index in [1.54, 1.807) is 0 Å². The van der Waals surface area contributed by atoms with Gasteiger partial charge in [-0.1, -0.05) is 31.2 Å². The van der Waals surface area contributed by atoms with Crippen LogP contribution in [0.1, 0.15) is 38.0 Å². The van der Waals surface area contributed by atoms with E-state index in [0.717, 1.165) is 19.3 Å². The number of alkyl halides is 3. The number of allylic oxidation sites excluding steroid dienone is 1. The molecule has 5 nitrogen and oxygen atoms in total. The van der Waals surface area contributed by atoms with Crippen molar-refractivity contribution in [1.82, 2.24) is 0 Å². The molecule has 0 spiro atoms. The maximum atomic E-state index is 12.2. The number of hydrogen-bond donors (Lipinski definition) is 0. The molecule has 0 saturated carbocycles. The van der Waals surface area contributed by atoms with Crippen LogP contribution in [0.5, 0.6) is 5.75 Å². The van der Waals surface area contributed by atoms with E-state index < -0.39 is 12.7 Å². The molecule has 1 aromatic carbocycles. The van der Waals surface area contributed by atoms with Gasteiger partial charge in [-0.15, -0.1) is 13.2 Å². The monoisotopic (exact) mass is 416 g/mol. The summed E-state index contributed by atoms with van der Waals surface area (Å²) in [4.78, 5) is 0. The van der Waals surface area contributed by atoms with Gasteiger partial charge in [0, 0.05) is 17.4 Å². The fourth-order valence-corrected chi connectivity index (χ4v) is 3.27. The van der Waals surface area contributed by atoms with Crippen molar-refractivity contribution in [2.24, 2.45) is 11.8 Å². The summed E-state index contributed by atoms with van der Waals surface area (Å²) >= 11 is 0. The van der Waals surface area contributed by atoms with Crippen molar-refractivity contribution in [3.8, 4) is 5.75 Å². The molecule has 0 N–H and O–H groups in total. The van der Waals surface area contributed by atoms with E-state index in [-0.39, 0.29) is 18.0 Å². The first-order chi connectivity index (χ1) is 13.9. The normalized spacial score (nSPS) is 28.6. The van der Waals surface area contributed by atoms with Crippen molar-refractivity contribution in [1.29, 1.82) is 0 Å². The predicted octanol–water partition coefficient (Wildman–Crippen LogP) is 4.98. The lowest BCUT2D eigenvalue weighted by molar-refractivity contribution is -0.274. The number of benzene rings is 1. The number of rotatable bonds is 7. The molecule has 29 heavy (non-hydrogen) atoms. The number of hydrogen-bond acceptors (Lipinski definition) is 5. The van der Waals surface area contributed by atoms with E-state index >= 15 is 0 Å². The Morgan fingerprint density at radius 3 is 2.21 bits per heavy atom. The summed E-state index contributed by atoms with van der Waals surface area (Å²) in [5.74, 6) is 0.278. The Bertz CT molecular complexity index is 631. The first-order valence-electron chi connectivity index (χ1n) is 9.91. The SMILES string of the molecule is CC/C=C/[C@H]1CO[C@H](CCC2COC(c3ccc(OC(F)(F)F)cc3)OC2)OC1. The molecule has 3 rings (SSSR count). The van der Waals surface area contributed by atoms with E-state index in [4.69, 9.17) is 18.9 Å². The van der Waals surface area contributed by atoms with Crippen LogP contribution in [0.15, 0.2) is 36.4 Å². The van der Waals surface area contributed by atoms with Crippen molar-refractivity contribution >= 4 is 0 Å². The quantitative estimate of drug-likeness (QED) is 0.587. The van der Waals surface area contributed by atoms with Crippen molar-refractivity contribution in [3.05, 3.63) is 42.0 Å². The second-order valence-corrected chi connectivity index (χ2v) is 7.25. The van der Waals surface area contributed by atoms with E-state index in [2.05, 4.69) is 23.8 Å². The zero-order valence-corrected chi connectivity index (χ0v) is 16.4. The zero-order valence-electron chi connectivity index (χ0n) is 16.4. The van der Waals surface area contributed by atoms with Gasteiger partial charge in [0.1, 0.15) is 5.75 Å². The summed E-state index contributed by atoms with van der Waals surface area (Å²) in [5, 5.41) is 0. The second kappa shape index (κ2) is 10.4. The molecule has 0 aliphatic carbocycles. The molecule has 1 aromatic rings. The lowest BCUT2D eigenvalue weighted by Gasteiger charge is -2.32. The van der Waals surface area contributed by atoms with Crippen LogP contribution in [-0.4, -0.2) is 39.1 Å². The summed E-state index contributed by atoms with van der Waals surface area (Å²) < 4.78 is 63.6. The van der Waals surface area contributed by atoms with Crippen LogP contribution < -0.4 is 4.74 Å². The van der Waals surface area contributed by atoms with Gasteiger partial charge in [0.15, 0.2) is 12.6 Å². The predicted molar refractivity (Wildman–Crippen MR) is 99.1 cm³/mol. The van der Waals surface area contributed by atoms with Crippen molar-refractivity contribution < 1.29 is 36.9 Å². The van der Waals surface area contributed by atoms with E-state index in [0.29, 0.717) is 37.9 Å². The average Bonchev–Trinajstić information content (AvgIpc) is 2.71. The highest BCUT2D eigenvalue weighted by Gasteiger charge is 2.31. The smallest absolute Gasteiger partial charge is 0.406 e. The molecule has 2 saturated heterocycles. The Morgan fingerprint density at radius 2 is 1.62 bits per heavy atom. The van der Waals surface area contributed by atoms with Crippen LogP contribution in [0.25, 0.3) is 0 Å². The third-order valence-electron chi connectivity index (χ3n) is 4.80. The highest BCUT2D eigenvalue weighted by atomic mass is 19.4. The van der Waals surface area contributed by atoms with Crippen molar-refractivity contribution in [3.63, 3.8) is 0 Å². The van der Waals surface area contributed by atoms with Crippen LogP contribution in [0, 0.1) is 11.8 Å². The Kier molecular flexibility index (Phi) is 7.94. The van der Waals surface area contributed by atoms with Crippen LogP contribution in [0.4, 0.5) is 13.2 Å². The Morgan fingerprint density at radius 1 is 0.966 bits per heavy atom. The standard InChI is InChI=1S/C21H27F3O5/c1-2-3-4-15-11-25-19(26-12-15)10-5-16-13-27-20(28-14-16)17-6-8-18(9-7-17)29-21(22,23)24/h3-4,6-9,15-16,19-20H,2,5,10-14H2,1H3/b4-3+/t15-,16?,19-,20?. The Hall–Kier alpha value is -1.61. The van der Waals surface area contributed by atoms with Gasteiger partial charge in [-0.05, 0) is 31.4 Å². The summed E-state index contributed by atoms with van der Waals surface area (Å²) in [6.45, 7) is 4.48.